The van der Waals surface area contributed by atoms with Crippen molar-refractivity contribution in [3.8, 4) is 0 Å². The van der Waals surface area contributed by atoms with Crippen LogP contribution in [0.25, 0.3) is 0 Å². The second-order valence-corrected chi connectivity index (χ2v) is 7.97. The number of hydrogen-bond acceptors (Lipinski definition) is 6. The molecule has 2 aromatic heterocycles. The van der Waals surface area contributed by atoms with E-state index in [0.717, 1.165) is 64.3 Å². The van der Waals surface area contributed by atoms with Crippen LogP contribution in [-0.2, 0) is 13.1 Å². The molecule has 0 bridgehead atoms. The van der Waals surface area contributed by atoms with E-state index < -0.39 is 0 Å². The quantitative estimate of drug-likeness (QED) is 0.789. The molecule has 0 atom stereocenters. The summed E-state index contributed by atoms with van der Waals surface area (Å²) in [6, 6.07) is 6.05. The van der Waals surface area contributed by atoms with Crippen molar-refractivity contribution >= 4 is 5.91 Å². The highest BCUT2D eigenvalue weighted by molar-refractivity contribution is 5.92. The molecule has 1 amide bonds. The van der Waals surface area contributed by atoms with E-state index in [1.165, 1.54) is 6.26 Å². The van der Waals surface area contributed by atoms with Crippen LogP contribution in [0.5, 0.6) is 0 Å². The SMILES string of the molecule is CC1CCN(C(=O)c2coc(CN3CCN(Cc4ccccn4)CC3)n2)CC1. The fraction of sp³-hybridized carbons (Fsp3) is 0.571. The fourth-order valence-electron chi connectivity index (χ4n) is 3.87. The Labute approximate surface area is 166 Å². The summed E-state index contributed by atoms with van der Waals surface area (Å²) in [6.07, 6.45) is 5.50. The first-order valence-corrected chi connectivity index (χ1v) is 10.3. The monoisotopic (exact) mass is 383 g/mol. The number of oxazole rings is 1. The molecule has 2 saturated heterocycles. The number of amides is 1. The highest BCUT2D eigenvalue weighted by atomic mass is 16.3. The van der Waals surface area contributed by atoms with Crippen LogP contribution < -0.4 is 0 Å². The summed E-state index contributed by atoms with van der Waals surface area (Å²) >= 11 is 0. The van der Waals surface area contributed by atoms with Crippen molar-refractivity contribution < 1.29 is 9.21 Å². The third kappa shape index (κ3) is 4.77. The standard InChI is InChI=1S/C21H29N5O2/c1-17-5-8-26(9-6-17)21(27)19-16-28-20(23-19)15-25-12-10-24(11-13-25)14-18-4-2-3-7-22-18/h2-4,7,16-17H,5-6,8-15H2,1H3. The van der Waals surface area contributed by atoms with Crippen molar-refractivity contribution in [2.24, 2.45) is 5.92 Å². The Bertz CT molecular complexity index is 762. The van der Waals surface area contributed by atoms with Crippen LogP contribution >= 0.6 is 0 Å². The molecule has 4 heterocycles. The number of carbonyl (C=O) groups excluding carboxylic acids is 1. The molecule has 0 radical (unpaired) electrons. The zero-order valence-corrected chi connectivity index (χ0v) is 16.6. The van der Waals surface area contributed by atoms with Crippen molar-refractivity contribution in [3.63, 3.8) is 0 Å². The molecule has 7 heteroatoms. The molecule has 7 nitrogen and oxygen atoms in total. The lowest BCUT2D eigenvalue weighted by atomic mass is 9.99. The van der Waals surface area contributed by atoms with E-state index in [0.29, 0.717) is 24.0 Å². The minimum atomic E-state index is 0.00193. The third-order valence-corrected chi connectivity index (χ3v) is 5.78. The minimum absolute atomic E-state index is 0.00193. The molecule has 0 N–H and O–H groups in total. The topological polar surface area (TPSA) is 65.7 Å². The predicted molar refractivity (Wildman–Crippen MR) is 106 cm³/mol. The lowest BCUT2D eigenvalue weighted by Crippen LogP contribution is -2.45. The molecule has 4 rings (SSSR count). The Hall–Kier alpha value is -2.25. The molecule has 2 aliphatic rings. The number of aromatic nitrogens is 2. The normalized spacial score (nSPS) is 19.8. The minimum Gasteiger partial charge on any atom is -0.447 e. The average molecular weight is 383 g/mol. The molecule has 150 valence electrons. The van der Waals surface area contributed by atoms with Crippen LogP contribution in [0, 0.1) is 5.92 Å². The van der Waals surface area contributed by atoms with Gasteiger partial charge in [-0.25, -0.2) is 4.98 Å². The molecule has 2 aliphatic heterocycles. The van der Waals surface area contributed by atoms with Gasteiger partial charge in [0.1, 0.15) is 6.26 Å². The van der Waals surface area contributed by atoms with E-state index in [1.54, 1.807) is 0 Å². The maximum atomic E-state index is 12.6. The van der Waals surface area contributed by atoms with Crippen molar-refractivity contribution in [2.75, 3.05) is 39.3 Å². The molecular formula is C21H29N5O2. The zero-order chi connectivity index (χ0) is 19.3. The number of piperidine rings is 1. The largest absolute Gasteiger partial charge is 0.447 e. The average Bonchev–Trinajstić information content (AvgIpc) is 3.19. The first kappa shape index (κ1) is 19.1. The molecule has 2 fully saturated rings. The van der Waals surface area contributed by atoms with Crippen molar-refractivity contribution in [3.05, 3.63) is 47.9 Å². The molecule has 0 aromatic carbocycles. The molecule has 28 heavy (non-hydrogen) atoms. The highest BCUT2D eigenvalue weighted by Crippen LogP contribution is 2.18. The first-order chi connectivity index (χ1) is 13.7. The summed E-state index contributed by atoms with van der Waals surface area (Å²) in [5, 5.41) is 0. The van der Waals surface area contributed by atoms with Gasteiger partial charge in [0.15, 0.2) is 5.69 Å². The lowest BCUT2D eigenvalue weighted by Gasteiger charge is -2.33. The van der Waals surface area contributed by atoms with Crippen molar-refractivity contribution in [2.45, 2.75) is 32.9 Å². The Morgan fingerprint density at radius 1 is 1.07 bits per heavy atom. The third-order valence-electron chi connectivity index (χ3n) is 5.78. The second kappa shape index (κ2) is 8.84. The number of nitrogens with zero attached hydrogens (tertiary/aromatic N) is 5. The van der Waals surface area contributed by atoms with Gasteiger partial charge in [-0.1, -0.05) is 13.0 Å². The fourth-order valence-corrected chi connectivity index (χ4v) is 3.87. The Balaban J connectivity index is 1.25. The van der Waals surface area contributed by atoms with Crippen LogP contribution in [0.3, 0.4) is 0 Å². The van der Waals surface area contributed by atoms with Gasteiger partial charge in [-0.05, 0) is 30.9 Å². The van der Waals surface area contributed by atoms with Crippen LogP contribution in [0.2, 0.25) is 0 Å². The van der Waals surface area contributed by atoms with Gasteiger partial charge in [0, 0.05) is 52.0 Å². The summed E-state index contributed by atoms with van der Waals surface area (Å²) < 4.78 is 5.60. The summed E-state index contributed by atoms with van der Waals surface area (Å²) in [6.45, 7) is 9.34. The van der Waals surface area contributed by atoms with Crippen LogP contribution in [0.15, 0.2) is 35.1 Å². The van der Waals surface area contributed by atoms with E-state index >= 15 is 0 Å². The molecule has 0 spiro atoms. The van der Waals surface area contributed by atoms with Gasteiger partial charge in [-0.2, -0.15) is 0 Å². The lowest BCUT2D eigenvalue weighted by molar-refractivity contribution is 0.0691. The van der Waals surface area contributed by atoms with Crippen molar-refractivity contribution in [1.29, 1.82) is 0 Å². The highest BCUT2D eigenvalue weighted by Gasteiger charge is 2.25. The zero-order valence-electron chi connectivity index (χ0n) is 16.6. The number of pyridine rings is 1. The summed E-state index contributed by atoms with van der Waals surface area (Å²) in [5.41, 5.74) is 1.55. The smallest absolute Gasteiger partial charge is 0.275 e. The number of hydrogen-bond donors (Lipinski definition) is 0. The summed E-state index contributed by atoms with van der Waals surface area (Å²) in [5.74, 6) is 1.34. The number of likely N-dealkylation sites (tertiary alicyclic amines) is 1. The van der Waals surface area contributed by atoms with E-state index in [1.807, 2.05) is 23.2 Å². The van der Waals surface area contributed by atoms with Gasteiger partial charge in [-0.3, -0.25) is 19.6 Å². The molecule has 0 unspecified atom stereocenters. The maximum Gasteiger partial charge on any atom is 0.275 e. The first-order valence-electron chi connectivity index (χ1n) is 10.3. The van der Waals surface area contributed by atoms with Crippen LogP contribution in [0.1, 0.15) is 41.8 Å². The van der Waals surface area contributed by atoms with E-state index in [9.17, 15) is 4.79 Å². The van der Waals surface area contributed by atoms with E-state index in [-0.39, 0.29) is 5.91 Å². The molecule has 2 aromatic rings. The van der Waals surface area contributed by atoms with Crippen LogP contribution in [-0.4, -0.2) is 69.8 Å². The Morgan fingerprint density at radius 3 is 2.46 bits per heavy atom. The van der Waals surface area contributed by atoms with Gasteiger partial charge in [0.2, 0.25) is 5.89 Å². The number of piperazine rings is 1. The number of carbonyl (C=O) groups is 1. The molecule has 0 saturated carbocycles. The Kier molecular flexibility index (Phi) is 6.02. The Morgan fingerprint density at radius 2 is 1.79 bits per heavy atom. The van der Waals surface area contributed by atoms with E-state index in [4.69, 9.17) is 4.42 Å². The maximum absolute atomic E-state index is 12.6. The van der Waals surface area contributed by atoms with Gasteiger partial charge in [0.05, 0.1) is 12.2 Å². The number of rotatable bonds is 5. The molecule has 0 aliphatic carbocycles. The van der Waals surface area contributed by atoms with Gasteiger partial charge in [-0.15, -0.1) is 0 Å². The predicted octanol–water partition coefficient (Wildman–Crippen LogP) is 2.26. The van der Waals surface area contributed by atoms with Crippen molar-refractivity contribution in [1.82, 2.24) is 24.7 Å². The second-order valence-electron chi connectivity index (χ2n) is 7.97. The van der Waals surface area contributed by atoms with E-state index in [2.05, 4.69) is 32.8 Å². The molecular weight excluding hydrogens is 354 g/mol. The van der Waals surface area contributed by atoms with Gasteiger partial charge in [0.25, 0.3) is 5.91 Å². The van der Waals surface area contributed by atoms with Crippen LogP contribution in [0.4, 0.5) is 0 Å². The summed E-state index contributed by atoms with van der Waals surface area (Å²) in [7, 11) is 0. The summed E-state index contributed by atoms with van der Waals surface area (Å²) in [4.78, 5) is 28.1. The van der Waals surface area contributed by atoms with Gasteiger partial charge >= 0.3 is 0 Å². The van der Waals surface area contributed by atoms with Gasteiger partial charge < -0.3 is 9.32 Å².